The Bertz CT molecular complexity index is 563. The highest BCUT2D eigenvalue weighted by atomic mass is 32.2. The molecule has 18 heavy (non-hydrogen) atoms. The van der Waals surface area contributed by atoms with Crippen LogP contribution in [-0.2, 0) is 10.0 Å². The third-order valence-corrected chi connectivity index (χ3v) is 6.14. The molecule has 2 rings (SSSR count). The predicted octanol–water partition coefficient (Wildman–Crippen LogP) is 1.87. The highest BCUT2D eigenvalue weighted by molar-refractivity contribution is 7.89. The monoisotopic (exact) mass is 289 g/mol. The minimum Gasteiger partial charge on any atom is -0.477 e. The molecule has 100 valence electrons. The predicted molar refractivity (Wildman–Crippen MR) is 68.4 cm³/mol. The molecular weight excluding hydrogens is 274 g/mol. The topological polar surface area (TPSA) is 74.7 Å². The lowest BCUT2D eigenvalue weighted by molar-refractivity contribution is 0.0702. The number of aromatic carboxylic acids is 1. The summed E-state index contributed by atoms with van der Waals surface area (Å²) in [6, 6.07) is 1.20. The van der Waals surface area contributed by atoms with Crippen LogP contribution in [0.15, 0.2) is 16.3 Å². The number of carbonyl (C=O) groups is 1. The van der Waals surface area contributed by atoms with Gasteiger partial charge in [-0.05, 0) is 25.3 Å². The molecular formula is C11H15NO4S2. The molecule has 2 atom stereocenters. The summed E-state index contributed by atoms with van der Waals surface area (Å²) in [5.41, 5.74) is 0. The van der Waals surface area contributed by atoms with E-state index in [1.165, 1.54) is 15.8 Å². The first-order valence-electron chi connectivity index (χ1n) is 5.66. The lowest BCUT2D eigenvalue weighted by Gasteiger charge is -2.20. The molecule has 7 heteroatoms. The molecule has 0 bridgehead atoms. The molecule has 0 aromatic carbocycles. The second kappa shape index (κ2) is 4.64. The van der Waals surface area contributed by atoms with E-state index in [-0.39, 0.29) is 15.8 Å². The summed E-state index contributed by atoms with van der Waals surface area (Å²) in [5.74, 6) is -0.753. The molecule has 0 amide bonds. The van der Waals surface area contributed by atoms with Gasteiger partial charge >= 0.3 is 5.97 Å². The van der Waals surface area contributed by atoms with E-state index < -0.39 is 16.0 Å². The number of carboxylic acids is 1. The van der Waals surface area contributed by atoms with Crippen molar-refractivity contribution in [3.8, 4) is 0 Å². The second-order valence-corrected chi connectivity index (χ2v) is 7.52. The van der Waals surface area contributed by atoms with E-state index in [9.17, 15) is 13.2 Å². The largest absolute Gasteiger partial charge is 0.477 e. The Balaban J connectivity index is 2.33. The van der Waals surface area contributed by atoms with Gasteiger partial charge in [-0.1, -0.05) is 6.92 Å². The van der Waals surface area contributed by atoms with Crippen molar-refractivity contribution in [3.63, 3.8) is 0 Å². The summed E-state index contributed by atoms with van der Waals surface area (Å²) < 4.78 is 26.2. The number of nitrogens with zero attached hydrogens (tertiary/aromatic N) is 1. The van der Waals surface area contributed by atoms with Crippen LogP contribution >= 0.6 is 11.3 Å². The van der Waals surface area contributed by atoms with E-state index in [1.54, 1.807) is 0 Å². The maximum absolute atomic E-state index is 12.4. The average molecular weight is 289 g/mol. The molecule has 0 spiro atoms. The smallest absolute Gasteiger partial charge is 0.345 e. The van der Waals surface area contributed by atoms with Crippen molar-refractivity contribution in [2.24, 2.45) is 5.92 Å². The zero-order valence-corrected chi connectivity index (χ0v) is 11.8. The van der Waals surface area contributed by atoms with Gasteiger partial charge in [-0.25, -0.2) is 13.2 Å². The number of carboxylic acid groups (broad SMARTS) is 1. The van der Waals surface area contributed by atoms with E-state index in [1.807, 2.05) is 13.8 Å². The fourth-order valence-electron chi connectivity index (χ4n) is 2.30. The summed E-state index contributed by atoms with van der Waals surface area (Å²) in [6.07, 6.45) is 0.842. The SMILES string of the molecule is CC1CC(C)N(S(=O)(=O)c2csc(C(=O)O)c2)C1. The van der Waals surface area contributed by atoms with Crippen molar-refractivity contribution in [1.82, 2.24) is 4.31 Å². The van der Waals surface area contributed by atoms with Crippen LogP contribution in [0.25, 0.3) is 0 Å². The van der Waals surface area contributed by atoms with Gasteiger partial charge in [0.2, 0.25) is 10.0 Å². The zero-order chi connectivity index (χ0) is 13.5. The molecule has 1 aromatic heterocycles. The van der Waals surface area contributed by atoms with Crippen molar-refractivity contribution in [2.45, 2.75) is 31.2 Å². The Kier molecular flexibility index (Phi) is 3.48. The van der Waals surface area contributed by atoms with Crippen LogP contribution in [0.1, 0.15) is 29.9 Å². The highest BCUT2D eigenvalue weighted by Gasteiger charge is 2.36. The normalized spacial score (nSPS) is 25.4. The first-order chi connectivity index (χ1) is 8.32. The molecule has 1 N–H and O–H groups in total. The maximum Gasteiger partial charge on any atom is 0.345 e. The van der Waals surface area contributed by atoms with Gasteiger partial charge in [-0.15, -0.1) is 11.3 Å². The molecule has 1 fully saturated rings. The fraction of sp³-hybridized carbons (Fsp3) is 0.545. The molecule has 2 heterocycles. The average Bonchev–Trinajstić information content (AvgIpc) is 2.85. The Morgan fingerprint density at radius 1 is 1.50 bits per heavy atom. The van der Waals surface area contributed by atoms with Gasteiger partial charge in [0.15, 0.2) is 0 Å². The number of hydrogen-bond donors (Lipinski definition) is 1. The molecule has 0 aliphatic carbocycles. The van der Waals surface area contributed by atoms with Gasteiger partial charge in [0, 0.05) is 18.0 Å². The van der Waals surface area contributed by atoms with E-state index >= 15 is 0 Å². The Hall–Kier alpha value is -0.920. The number of thiophene rings is 1. The Labute approximate surface area is 110 Å². The van der Waals surface area contributed by atoms with Crippen LogP contribution in [0.3, 0.4) is 0 Å². The molecule has 1 aromatic rings. The molecule has 1 aliphatic heterocycles. The summed E-state index contributed by atoms with van der Waals surface area (Å²) in [4.78, 5) is 10.9. The van der Waals surface area contributed by atoms with Crippen LogP contribution in [0.5, 0.6) is 0 Å². The standard InChI is InChI=1S/C11H15NO4S2/c1-7-3-8(2)12(5-7)18(15,16)9-4-10(11(13)14)17-6-9/h4,6-8H,3,5H2,1-2H3,(H,13,14). The Morgan fingerprint density at radius 2 is 2.17 bits per heavy atom. The minimum atomic E-state index is -3.55. The van der Waals surface area contributed by atoms with Crippen molar-refractivity contribution in [3.05, 3.63) is 16.3 Å². The number of sulfonamides is 1. The van der Waals surface area contributed by atoms with Gasteiger partial charge < -0.3 is 5.11 Å². The summed E-state index contributed by atoms with van der Waals surface area (Å²) in [7, 11) is -3.55. The molecule has 1 aliphatic rings. The summed E-state index contributed by atoms with van der Waals surface area (Å²) in [6.45, 7) is 4.40. The van der Waals surface area contributed by atoms with Crippen LogP contribution in [0.2, 0.25) is 0 Å². The van der Waals surface area contributed by atoms with Crippen LogP contribution < -0.4 is 0 Å². The number of hydrogen-bond acceptors (Lipinski definition) is 4. The molecule has 1 saturated heterocycles. The fourth-order valence-corrected chi connectivity index (χ4v) is 5.16. The second-order valence-electron chi connectivity index (χ2n) is 4.72. The van der Waals surface area contributed by atoms with Crippen LogP contribution in [0.4, 0.5) is 0 Å². The first-order valence-corrected chi connectivity index (χ1v) is 7.98. The number of rotatable bonds is 3. The van der Waals surface area contributed by atoms with Gasteiger partial charge in [0.1, 0.15) is 4.88 Å². The van der Waals surface area contributed by atoms with Crippen molar-refractivity contribution in [2.75, 3.05) is 6.54 Å². The van der Waals surface area contributed by atoms with E-state index in [2.05, 4.69) is 0 Å². The van der Waals surface area contributed by atoms with Gasteiger partial charge in [-0.3, -0.25) is 0 Å². The Morgan fingerprint density at radius 3 is 2.61 bits per heavy atom. The summed E-state index contributed by atoms with van der Waals surface area (Å²) in [5, 5.41) is 10.2. The molecule has 0 saturated carbocycles. The van der Waals surface area contributed by atoms with Crippen molar-refractivity contribution >= 4 is 27.3 Å². The van der Waals surface area contributed by atoms with Gasteiger partial charge in [-0.2, -0.15) is 4.31 Å². The molecule has 2 unspecified atom stereocenters. The van der Waals surface area contributed by atoms with Gasteiger partial charge in [0.25, 0.3) is 0 Å². The zero-order valence-electron chi connectivity index (χ0n) is 10.2. The molecule has 5 nitrogen and oxygen atoms in total. The van der Waals surface area contributed by atoms with Crippen LogP contribution in [-0.4, -0.2) is 36.4 Å². The maximum atomic E-state index is 12.4. The lowest BCUT2D eigenvalue weighted by Crippen LogP contribution is -2.33. The third-order valence-electron chi connectivity index (χ3n) is 3.12. The van der Waals surface area contributed by atoms with E-state index in [0.29, 0.717) is 12.5 Å². The van der Waals surface area contributed by atoms with Crippen molar-refractivity contribution in [1.29, 1.82) is 0 Å². The van der Waals surface area contributed by atoms with E-state index in [0.717, 1.165) is 17.8 Å². The highest BCUT2D eigenvalue weighted by Crippen LogP contribution is 2.30. The molecule has 0 radical (unpaired) electrons. The van der Waals surface area contributed by atoms with E-state index in [4.69, 9.17) is 5.11 Å². The third kappa shape index (κ3) is 2.30. The first kappa shape index (κ1) is 13.5. The van der Waals surface area contributed by atoms with Gasteiger partial charge in [0.05, 0.1) is 4.90 Å². The quantitative estimate of drug-likeness (QED) is 0.921. The lowest BCUT2D eigenvalue weighted by atomic mass is 10.1. The van der Waals surface area contributed by atoms with Crippen LogP contribution in [0, 0.1) is 5.92 Å². The summed E-state index contributed by atoms with van der Waals surface area (Å²) >= 11 is 0.940. The van der Waals surface area contributed by atoms with Crippen molar-refractivity contribution < 1.29 is 18.3 Å². The minimum absolute atomic E-state index is 0.0295.